The number of halogens is 1. The Morgan fingerprint density at radius 2 is 1.81 bits per heavy atom. The van der Waals surface area contributed by atoms with E-state index in [-0.39, 0.29) is 11.7 Å². The van der Waals surface area contributed by atoms with Crippen LogP contribution in [0.3, 0.4) is 0 Å². The molecule has 27 heavy (non-hydrogen) atoms. The van der Waals surface area contributed by atoms with E-state index in [9.17, 15) is 9.18 Å². The minimum absolute atomic E-state index is 0.265. The van der Waals surface area contributed by atoms with Crippen LogP contribution in [0.2, 0.25) is 0 Å². The summed E-state index contributed by atoms with van der Waals surface area (Å²) < 4.78 is 23.6. The molecule has 7 heteroatoms. The van der Waals surface area contributed by atoms with Gasteiger partial charge in [-0.25, -0.2) is 9.37 Å². The molecule has 1 aromatic heterocycles. The maximum absolute atomic E-state index is 12.9. The van der Waals surface area contributed by atoms with Crippen LogP contribution in [0.5, 0.6) is 11.5 Å². The Bertz CT molecular complexity index is 894. The molecule has 2 aromatic carbocycles. The molecule has 0 bridgehead atoms. The standard InChI is InChI=1S/C20H19FN2O3S/c1-13(26-18-9-5-15(21)6-10-18)19(24)22-11-16-12-27-20(23-16)14-3-7-17(25-2)8-4-14/h3-10,12-13H,11H2,1-2H3,(H,22,24)/t13-/m1/s1. The number of nitrogens with one attached hydrogen (secondary N) is 1. The van der Waals surface area contributed by atoms with Crippen LogP contribution < -0.4 is 14.8 Å². The lowest BCUT2D eigenvalue weighted by molar-refractivity contribution is -0.127. The number of thiazole rings is 1. The fourth-order valence-electron chi connectivity index (χ4n) is 2.35. The van der Waals surface area contributed by atoms with E-state index in [4.69, 9.17) is 9.47 Å². The van der Waals surface area contributed by atoms with Gasteiger partial charge in [0.05, 0.1) is 19.3 Å². The molecule has 140 valence electrons. The van der Waals surface area contributed by atoms with Crippen molar-refractivity contribution in [2.75, 3.05) is 7.11 Å². The van der Waals surface area contributed by atoms with Gasteiger partial charge >= 0.3 is 0 Å². The monoisotopic (exact) mass is 386 g/mol. The molecule has 3 rings (SSSR count). The van der Waals surface area contributed by atoms with E-state index in [0.29, 0.717) is 12.3 Å². The average Bonchev–Trinajstić information content (AvgIpc) is 3.17. The van der Waals surface area contributed by atoms with Crippen LogP contribution in [-0.2, 0) is 11.3 Å². The molecular weight excluding hydrogens is 367 g/mol. The molecule has 1 atom stereocenters. The smallest absolute Gasteiger partial charge is 0.261 e. The molecule has 0 saturated carbocycles. The Hall–Kier alpha value is -2.93. The van der Waals surface area contributed by atoms with Crippen LogP contribution in [0.15, 0.2) is 53.9 Å². The van der Waals surface area contributed by atoms with Gasteiger partial charge in [0.2, 0.25) is 0 Å². The zero-order chi connectivity index (χ0) is 19.2. The summed E-state index contributed by atoms with van der Waals surface area (Å²) in [4.78, 5) is 16.7. The second kappa shape index (κ2) is 8.64. The summed E-state index contributed by atoms with van der Waals surface area (Å²) in [6.07, 6.45) is -0.699. The molecule has 0 aliphatic heterocycles. The topological polar surface area (TPSA) is 60.5 Å². The quantitative estimate of drug-likeness (QED) is 0.666. The van der Waals surface area contributed by atoms with Gasteiger partial charge in [0.1, 0.15) is 22.3 Å². The number of nitrogens with zero attached hydrogens (tertiary/aromatic N) is 1. The van der Waals surface area contributed by atoms with Crippen molar-refractivity contribution in [2.45, 2.75) is 19.6 Å². The lowest BCUT2D eigenvalue weighted by atomic mass is 10.2. The van der Waals surface area contributed by atoms with Crippen molar-refractivity contribution in [3.8, 4) is 22.1 Å². The van der Waals surface area contributed by atoms with E-state index in [0.717, 1.165) is 22.0 Å². The van der Waals surface area contributed by atoms with Crippen molar-refractivity contribution < 1.29 is 18.7 Å². The lowest BCUT2D eigenvalue weighted by Gasteiger charge is -2.14. The number of hydrogen-bond acceptors (Lipinski definition) is 5. The van der Waals surface area contributed by atoms with E-state index < -0.39 is 6.10 Å². The first-order valence-corrected chi connectivity index (χ1v) is 9.22. The van der Waals surface area contributed by atoms with Crippen molar-refractivity contribution in [1.29, 1.82) is 0 Å². The Morgan fingerprint density at radius 3 is 2.48 bits per heavy atom. The molecule has 0 aliphatic carbocycles. The molecule has 0 spiro atoms. The summed E-state index contributed by atoms with van der Waals surface area (Å²) in [5.74, 6) is 0.612. The summed E-state index contributed by atoms with van der Waals surface area (Å²) in [7, 11) is 1.62. The predicted octanol–water partition coefficient (Wildman–Crippen LogP) is 4.04. The highest BCUT2D eigenvalue weighted by atomic mass is 32.1. The number of amides is 1. The molecular formula is C20H19FN2O3S. The van der Waals surface area contributed by atoms with Crippen molar-refractivity contribution >= 4 is 17.2 Å². The summed E-state index contributed by atoms with van der Waals surface area (Å²) in [6, 6.07) is 13.2. The first-order chi connectivity index (χ1) is 13.0. The molecule has 0 fully saturated rings. The number of rotatable bonds is 7. The van der Waals surface area contributed by atoms with Gasteiger partial charge in [-0.2, -0.15) is 0 Å². The summed E-state index contributed by atoms with van der Waals surface area (Å²) >= 11 is 1.51. The molecule has 1 N–H and O–H groups in total. The number of carbonyl (C=O) groups is 1. The fourth-order valence-corrected chi connectivity index (χ4v) is 3.17. The third-order valence-electron chi connectivity index (χ3n) is 3.83. The SMILES string of the molecule is COc1ccc(-c2nc(CNC(=O)[C@@H](C)Oc3ccc(F)cc3)cs2)cc1. The van der Waals surface area contributed by atoms with E-state index >= 15 is 0 Å². The highest BCUT2D eigenvalue weighted by molar-refractivity contribution is 7.13. The first kappa shape index (κ1) is 18.8. The summed E-state index contributed by atoms with van der Waals surface area (Å²) in [5, 5.41) is 5.58. The number of carbonyl (C=O) groups excluding carboxylic acids is 1. The van der Waals surface area contributed by atoms with Crippen molar-refractivity contribution in [3.63, 3.8) is 0 Å². The number of methoxy groups -OCH3 is 1. The highest BCUT2D eigenvalue weighted by Gasteiger charge is 2.15. The average molecular weight is 386 g/mol. The van der Waals surface area contributed by atoms with Gasteiger partial charge in [0.15, 0.2) is 6.10 Å². The number of hydrogen-bond donors (Lipinski definition) is 1. The maximum atomic E-state index is 12.9. The fraction of sp³-hybridized carbons (Fsp3) is 0.200. The Morgan fingerprint density at radius 1 is 1.15 bits per heavy atom. The minimum atomic E-state index is -0.699. The van der Waals surface area contributed by atoms with Crippen molar-refractivity contribution in [1.82, 2.24) is 10.3 Å². The van der Waals surface area contributed by atoms with Crippen LogP contribution >= 0.6 is 11.3 Å². The number of benzene rings is 2. The summed E-state index contributed by atoms with van der Waals surface area (Å²) in [5.41, 5.74) is 1.76. The van der Waals surface area contributed by atoms with E-state index in [2.05, 4.69) is 10.3 Å². The van der Waals surface area contributed by atoms with Crippen LogP contribution in [0.4, 0.5) is 4.39 Å². The van der Waals surface area contributed by atoms with E-state index in [1.54, 1.807) is 14.0 Å². The van der Waals surface area contributed by atoms with Gasteiger partial charge in [0.25, 0.3) is 5.91 Å². The Labute approximate surface area is 160 Å². The second-order valence-corrected chi connectivity index (χ2v) is 6.66. The molecule has 0 radical (unpaired) electrons. The zero-order valence-electron chi connectivity index (χ0n) is 14.9. The zero-order valence-corrected chi connectivity index (χ0v) is 15.8. The second-order valence-electron chi connectivity index (χ2n) is 5.80. The largest absolute Gasteiger partial charge is 0.497 e. The lowest BCUT2D eigenvalue weighted by Crippen LogP contribution is -2.35. The normalized spacial score (nSPS) is 11.7. The van der Waals surface area contributed by atoms with Gasteiger partial charge < -0.3 is 14.8 Å². The van der Waals surface area contributed by atoms with Gasteiger partial charge in [-0.1, -0.05) is 0 Å². The molecule has 5 nitrogen and oxygen atoms in total. The van der Waals surface area contributed by atoms with Gasteiger partial charge in [-0.3, -0.25) is 4.79 Å². The molecule has 0 unspecified atom stereocenters. The van der Waals surface area contributed by atoms with Gasteiger partial charge in [0, 0.05) is 10.9 Å². The van der Waals surface area contributed by atoms with Crippen molar-refractivity contribution in [2.24, 2.45) is 0 Å². The first-order valence-electron chi connectivity index (χ1n) is 8.34. The minimum Gasteiger partial charge on any atom is -0.497 e. The predicted molar refractivity (Wildman–Crippen MR) is 102 cm³/mol. The molecule has 1 amide bonds. The third kappa shape index (κ3) is 5.04. The Kier molecular flexibility index (Phi) is 6.03. The van der Waals surface area contributed by atoms with Crippen LogP contribution in [0.1, 0.15) is 12.6 Å². The van der Waals surface area contributed by atoms with Crippen LogP contribution in [0.25, 0.3) is 10.6 Å². The molecule has 0 saturated heterocycles. The van der Waals surface area contributed by atoms with Crippen LogP contribution in [-0.4, -0.2) is 24.1 Å². The highest BCUT2D eigenvalue weighted by Crippen LogP contribution is 2.25. The van der Waals surface area contributed by atoms with Crippen LogP contribution in [0, 0.1) is 5.82 Å². The summed E-state index contributed by atoms with van der Waals surface area (Å²) in [6.45, 7) is 1.95. The molecule has 3 aromatic rings. The number of ether oxygens (including phenoxy) is 2. The van der Waals surface area contributed by atoms with Gasteiger partial charge in [-0.15, -0.1) is 11.3 Å². The number of aromatic nitrogens is 1. The molecule has 1 heterocycles. The third-order valence-corrected chi connectivity index (χ3v) is 4.77. The van der Waals surface area contributed by atoms with Crippen molar-refractivity contribution in [3.05, 3.63) is 65.4 Å². The molecule has 0 aliphatic rings. The maximum Gasteiger partial charge on any atom is 0.261 e. The van der Waals surface area contributed by atoms with E-state index in [1.807, 2.05) is 29.6 Å². The van der Waals surface area contributed by atoms with E-state index in [1.165, 1.54) is 35.6 Å². The Balaban J connectivity index is 1.54. The van der Waals surface area contributed by atoms with Gasteiger partial charge in [-0.05, 0) is 55.5 Å².